The summed E-state index contributed by atoms with van der Waals surface area (Å²) in [5.74, 6) is 2.64. The van der Waals surface area contributed by atoms with E-state index in [-0.39, 0.29) is 16.9 Å². The van der Waals surface area contributed by atoms with Crippen LogP contribution in [0.15, 0.2) is 0 Å². The van der Waals surface area contributed by atoms with Crippen LogP contribution in [0.4, 0.5) is 0 Å². The molecule has 3 heteroatoms. The molecule has 3 nitrogen and oxygen atoms in total. The van der Waals surface area contributed by atoms with Crippen molar-refractivity contribution in [2.45, 2.75) is 83.5 Å². The Hall–Kier alpha value is -0.120. The summed E-state index contributed by atoms with van der Waals surface area (Å²) in [5, 5.41) is 30.8. The summed E-state index contributed by atoms with van der Waals surface area (Å²) >= 11 is 0. The normalized spacial score (nSPS) is 61.2. The Kier molecular flexibility index (Phi) is 3.46. The number of hydrogen-bond acceptors (Lipinski definition) is 3. The number of aliphatic hydroxyl groups is 3. The minimum atomic E-state index is -0.539. The summed E-state index contributed by atoms with van der Waals surface area (Å²) in [7, 11) is 0. The monoisotopic (exact) mass is 308 g/mol. The van der Waals surface area contributed by atoms with Crippen LogP contribution in [0.3, 0.4) is 0 Å². The first-order valence-electron chi connectivity index (χ1n) is 9.40. The van der Waals surface area contributed by atoms with Crippen molar-refractivity contribution in [3.63, 3.8) is 0 Å². The molecule has 22 heavy (non-hydrogen) atoms. The smallest absolute Gasteiger partial charge is 0.0804 e. The van der Waals surface area contributed by atoms with Gasteiger partial charge >= 0.3 is 0 Å². The van der Waals surface area contributed by atoms with Gasteiger partial charge in [0.05, 0.1) is 18.3 Å². The molecule has 4 aliphatic carbocycles. The van der Waals surface area contributed by atoms with E-state index in [1.54, 1.807) is 0 Å². The topological polar surface area (TPSA) is 60.7 Å². The third-order valence-corrected chi connectivity index (χ3v) is 8.63. The van der Waals surface area contributed by atoms with E-state index >= 15 is 0 Å². The molecule has 0 saturated heterocycles. The number of fused-ring (bicyclic) bond motifs is 5. The van der Waals surface area contributed by atoms with E-state index in [1.807, 2.05) is 0 Å². The van der Waals surface area contributed by atoms with E-state index in [4.69, 9.17) is 0 Å². The van der Waals surface area contributed by atoms with Crippen molar-refractivity contribution in [2.75, 3.05) is 0 Å². The lowest BCUT2D eigenvalue weighted by Crippen LogP contribution is -2.57. The lowest BCUT2D eigenvalue weighted by Gasteiger charge is -2.61. The van der Waals surface area contributed by atoms with Gasteiger partial charge in [-0.3, -0.25) is 0 Å². The maximum atomic E-state index is 10.5. The van der Waals surface area contributed by atoms with E-state index in [1.165, 1.54) is 25.7 Å². The maximum absolute atomic E-state index is 10.5. The van der Waals surface area contributed by atoms with Crippen molar-refractivity contribution in [3.05, 3.63) is 0 Å². The first-order valence-corrected chi connectivity index (χ1v) is 9.40. The summed E-state index contributed by atoms with van der Waals surface area (Å²) in [5.41, 5.74) is 0.327. The Morgan fingerprint density at radius 3 is 2.27 bits per heavy atom. The van der Waals surface area contributed by atoms with Crippen LogP contribution >= 0.6 is 0 Å². The zero-order chi connectivity index (χ0) is 15.7. The Bertz CT molecular complexity index is 452. The van der Waals surface area contributed by atoms with Gasteiger partial charge in [-0.2, -0.15) is 0 Å². The van der Waals surface area contributed by atoms with Gasteiger partial charge in [-0.25, -0.2) is 0 Å². The van der Waals surface area contributed by atoms with E-state index < -0.39 is 12.2 Å². The van der Waals surface area contributed by atoms with Gasteiger partial charge in [0.2, 0.25) is 0 Å². The zero-order valence-electron chi connectivity index (χ0n) is 14.0. The predicted molar refractivity (Wildman–Crippen MR) is 85.1 cm³/mol. The van der Waals surface area contributed by atoms with Gasteiger partial charge in [-0.1, -0.05) is 13.8 Å². The molecule has 3 N–H and O–H groups in total. The lowest BCUT2D eigenvalue weighted by molar-refractivity contribution is -0.162. The lowest BCUT2D eigenvalue weighted by atomic mass is 9.45. The van der Waals surface area contributed by atoms with Gasteiger partial charge in [-0.05, 0) is 85.9 Å². The molecule has 0 heterocycles. The van der Waals surface area contributed by atoms with Gasteiger partial charge in [0.15, 0.2) is 0 Å². The molecule has 9 atom stereocenters. The van der Waals surface area contributed by atoms with Crippen LogP contribution in [-0.2, 0) is 0 Å². The average Bonchev–Trinajstić information content (AvgIpc) is 2.77. The SMILES string of the molecule is C[C@]12CCC3C(CC[C@H]4C[C@H](O)[C@H](O)C[C@]34C)C1CC[C@@H]2O. The summed E-state index contributed by atoms with van der Waals surface area (Å²) < 4.78 is 0. The molecule has 0 spiro atoms. The zero-order valence-corrected chi connectivity index (χ0v) is 14.0. The molecule has 0 aromatic rings. The fourth-order valence-electron chi connectivity index (χ4n) is 7.25. The first kappa shape index (κ1) is 15.4. The molecular formula is C19H32O3. The fourth-order valence-corrected chi connectivity index (χ4v) is 7.25. The van der Waals surface area contributed by atoms with Crippen LogP contribution in [0.1, 0.15) is 65.2 Å². The highest BCUT2D eigenvalue weighted by Crippen LogP contribution is 2.66. The quantitative estimate of drug-likeness (QED) is 0.645. The van der Waals surface area contributed by atoms with Gasteiger partial charge in [0, 0.05) is 0 Å². The molecule has 126 valence electrons. The van der Waals surface area contributed by atoms with Crippen molar-refractivity contribution < 1.29 is 15.3 Å². The van der Waals surface area contributed by atoms with Gasteiger partial charge in [-0.15, -0.1) is 0 Å². The Morgan fingerprint density at radius 1 is 0.773 bits per heavy atom. The molecule has 0 aliphatic heterocycles. The second-order valence-corrected chi connectivity index (χ2v) is 9.37. The van der Waals surface area contributed by atoms with E-state index in [0.717, 1.165) is 31.6 Å². The minimum Gasteiger partial charge on any atom is -0.393 e. The van der Waals surface area contributed by atoms with Gasteiger partial charge < -0.3 is 15.3 Å². The van der Waals surface area contributed by atoms with Crippen molar-refractivity contribution >= 4 is 0 Å². The summed E-state index contributed by atoms with van der Waals surface area (Å²) in [6.45, 7) is 4.71. The fraction of sp³-hybridized carbons (Fsp3) is 1.00. The third-order valence-electron chi connectivity index (χ3n) is 8.63. The van der Waals surface area contributed by atoms with Crippen LogP contribution in [-0.4, -0.2) is 33.6 Å². The molecule has 0 radical (unpaired) electrons. The Labute approximate surface area is 134 Å². The van der Waals surface area contributed by atoms with Crippen LogP contribution in [0.5, 0.6) is 0 Å². The van der Waals surface area contributed by atoms with Gasteiger partial charge in [0.25, 0.3) is 0 Å². The van der Waals surface area contributed by atoms with E-state index in [9.17, 15) is 15.3 Å². The predicted octanol–water partition coefficient (Wildman–Crippen LogP) is 2.72. The highest BCUT2D eigenvalue weighted by Gasteiger charge is 2.60. The Balaban J connectivity index is 1.63. The maximum Gasteiger partial charge on any atom is 0.0804 e. The summed E-state index contributed by atoms with van der Waals surface area (Å²) in [4.78, 5) is 0. The van der Waals surface area contributed by atoms with E-state index in [2.05, 4.69) is 13.8 Å². The molecule has 0 aromatic heterocycles. The summed E-state index contributed by atoms with van der Waals surface area (Å²) in [6, 6.07) is 0. The molecule has 3 unspecified atom stereocenters. The van der Waals surface area contributed by atoms with Crippen molar-refractivity contribution in [3.8, 4) is 0 Å². The second-order valence-electron chi connectivity index (χ2n) is 9.37. The Morgan fingerprint density at radius 2 is 1.50 bits per heavy atom. The van der Waals surface area contributed by atoms with Crippen LogP contribution in [0, 0.1) is 34.5 Å². The van der Waals surface area contributed by atoms with Crippen LogP contribution in [0.25, 0.3) is 0 Å². The van der Waals surface area contributed by atoms with Crippen LogP contribution in [0.2, 0.25) is 0 Å². The van der Waals surface area contributed by atoms with Crippen molar-refractivity contribution in [1.29, 1.82) is 0 Å². The average molecular weight is 308 g/mol. The molecule has 4 rings (SSSR count). The van der Waals surface area contributed by atoms with E-state index in [0.29, 0.717) is 17.8 Å². The highest BCUT2D eigenvalue weighted by molar-refractivity contribution is 5.10. The number of aliphatic hydroxyl groups excluding tert-OH is 3. The second kappa shape index (κ2) is 4.94. The molecule has 0 amide bonds. The number of rotatable bonds is 0. The molecule has 0 bridgehead atoms. The molecule has 0 aromatic carbocycles. The highest BCUT2D eigenvalue weighted by atomic mass is 16.3. The van der Waals surface area contributed by atoms with Crippen LogP contribution < -0.4 is 0 Å². The first-order chi connectivity index (χ1) is 10.4. The van der Waals surface area contributed by atoms with Gasteiger partial charge in [0.1, 0.15) is 0 Å². The number of hydrogen-bond donors (Lipinski definition) is 3. The molecular weight excluding hydrogens is 276 g/mol. The third kappa shape index (κ3) is 1.91. The molecule has 4 fully saturated rings. The molecule has 4 saturated carbocycles. The standard InChI is InChI=1S/C19H32O3/c1-18-8-7-14-12(13(18)5-6-17(18)22)4-3-11-9-15(20)16(21)10-19(11,14)2/h11-17,20-22H,3-10H2,1-2H3/t11-,12?,13?,14?,15-,16+,17-,18-,19-/m0/s1. The molecule has 4 aliphatic rings. The summed E-state index contributed by atoms with van der Waals surface area (Å²) in [6.07, 6.45) is 7.35. The minimum absolute atomic E-state index is 0.109. The largest absolute Gasteiger partial charge is 0.393 e. The van der Waals surface area contributed by atoms with Crippen molar-refractivity contribution in [2.24, 2.45) is 34.5 Å². The van der Waals surface area contributed by atoms with Crippen molar-refractivity contribution in [1.82, 2.24) is 0 Å².